The molecule has 0 aliphatic carbocycles. The summed E-state index contributed by atoms with van der Waals surface area (Å²) in [6.07, 6.45) is 0. The number of nitrogens with zero attached hydrogens (tertiary/aromatic N) is 3. The number of likely N-dealkylation sites (N-methyl/N-ethyl adjacent to an activating group) is 1. The van der Waals surface area contributed by atoms with Gasteiger partial charge in [0.15, 0.2) is 5.82 Å². The number of hydrogen-bond donors (Lipinski definition) is 1. The Morgan fingerprint density at radius 1 is 1.47 bits per heavy atom. The number of nitrogen functional groups attached to an aromatic ring is 1. The molecule has 0 unspecified atom stereocenters. The third kappa shape index (κ3) is 2.10. The van der Waals surface area contributed by atoms with Crippen LogP contribution in [-0.2, 0) is 0 Å². The van der Waals surface area contributed by atoms with Crippen LogP contribution in [0.25, 0.3) is 0 Å². The summed E-state index contributed by atoms with van der Waals surface area (Å²) in [6.45, 7) is 3.20. The average molecular weight is 210 g/mol. The van der Waals surface area contributed by atoms with Crippen LogP contribution in [0.1, 0.15) is 10.6 Å². The molecule has 2 rings (SSSR count). The summed E-state index contributed by atoms with van der Waals surface area (Å²) in [5.41, 5.74) is 5.38. The summed E-state index contributed by atoms with van der Waals surface area (Å²) in [4.78, 5) is 15.8. The topological polar surface area (TPSA) is 75.6 Å². The van der Waals surface area contributed by atoms with Crippen molar-refractivity contribution >= 4 is 11.7 Å². The van der Waals surface area contributed by atoms with Crippen LogP contribution in [-0.4, -0.2) is 54.1 Å². The number of carbonyl (C=O) groups excluding carboxylic acids is 1. The summed E-state index contributed by atoms with van der Waals surface area (Å²) in [7, 11) is 2.04. The van der Waals surface area contributed by atoms with Crippen LogP contribution in [0.5, 0.6) is 0 Å². The first-order valence-electron chi connectivity index (χ1n) is 4.87. The van der Waals surface area contributed by atoms with Crippen LogP contribution < -0.4 is 5.73 Å². The Kier molecular flexibility index (Phi) is 2.59. The van der Waals surface area contributed by atoms with Gasteiger partial charge in [0.05, 0.1) is 0 Å². The van der Waals surface area contributed by atoms with Gasteiger partial charge in [-0.3, -0.25) is 4.79 Å². The number of carbonyl (C=O) groups is 1. The Morgan fingerprint density at radius 2 is 2.13 bits per heavy atom. The minimum absolute atomic E-state index is 0.132. The second-order valence-corrected chi connectivity index (χ2v) is 3.71. The minimum atomic E-state index is -0.132. The predicted octanol–water partition coefficient (Wildman–Crippen LogP) is -0.356. The van der Waals surface area contributed by atoms with Gasteiger partial charge in [0.2, 0.25) is 5.76 Å². The molecule has 1 fully saturated rings. The van der Waals surface area contributed by atoms with Gasteiger partial charge in [0.1, 0.15) is 0 Å². The molecule has 82 valence electrons. The van der Waals surface area contributed by atoms with Gasteiger partial charge in [-0.1, -0.05) is 5.16 Å². The molecule has 0 radical (unpaired) electrons. The van der Waals surface area contributed by atoms with E-state index < -0.39 is 0 Å². The summed E-state index contributed by atoms with van der Waals surface area (Å²) in [5, 5.41) is 3.49. The molecule has 1 amide bonds. The molecule has 2 heterocycles. The van der Waals surface area contributed by atoms with E-state index in [1.54, 1.807) is 4.90 Å². The third-order valence-electron chi connectivity index (χ3n) is 2.53. The van der Waals surface area contributed by atoms with Crippen LogP contribution >= 0.6 is 0 Å². The first-order chi connectivity index (χ1) is 7.16. The Bertz CT molecular complexity index is 355. The monoisotopic (exact) mass is 210 g/mol. The van der Waals surface area contributed by atoms with Crippen molar-refractivity contribution in [2.75, 3.05) is 39.0 Å². The molecule has 0 spiro atoms. The SMILES string of the molecule is CN1CCN(C(=O)c2cc(N)no2)CC1. The minimum Gasteiger partial charge on any atom is -0.381 e. The van der Waals surface area contributed by atoms with Crippen molar-refractivity contribution in [1.29, 1.82) is 0 Å². The van der Waals surface area contributed by atoms with E-state index in [1.165, 1.54) is 6.07 Å². The van der Waals surface area contributed by atoms with Crippen LogP contribution in [0.15, 0.2) is 10.6 Å². The van der Waals surface area contributed by atoms with Crippen LogP contribution in [0.2, 0.25) is 0 Å². The fourth-order valence-corrected chi connectivity index (χ4v) is 1.56. The highest BCUT2D eigenvalue weighted by Crippen LogP contribution is 2.10. The first-order valence-corrected chi connectivity index (χ1v) is 4.87. The molecule has 6 nitrogen and oxygen atoms in total. The molecule has 0 bridgehead atoms. The van der Waals surface area contributed by atoms with Gasteiger partial charge in [0, 0.05) is 32.2 Å². The fourth-order valence-electron chi connectivity index (χ4n) is 1.56. The lowest BCUT2D eigenvalue weighted by Crippen LogP contribution is -2.47. The lowest BCUT2D eigenvalue weighted by Gasteiger charge is -2.31. The molecule has 1 aliphatic heterocycles. The largest absolute Gasteiger partial charge is 0.381 e. The maximum absolute atomic E-state index is 11.8. The zero-order valence-corrected chi connectivity index (χ0v) is 8.64. The Morgan fingerprint density at radius 3 is 2.67 bits per heavy atom. The Labute approximate surface area is 87.6 Å². The van der Waals surface area contributed by atoms with Gasteiger partial charge in [-0.2, -0.15) is 0 Å². The lowest BCUT2D eigenvalue weighted by atomic mass is 10.3. The third-order valence-corrected chi connectivity index (χ3v) is 2.53. The van der Waals surface area contributed by atoms with E-state index in [-0.39, 0.29) is 17.5 Å². The van der Waals surface area contributed by atoms with E-state index >= 15 is 0 Å². The molecule has 2 N–H and O–H groups in total. The van der Waals surface area contributed by atoms with Crippen LogP contribution in [0, 0.1) is 0 Å². The second-order valence-electron chi connectivity index (χ2n) is 3.71. The molecule has 1 aromatic heterocycles. The number of amides is 1. The molecular weight excluding hydrogens is 196 g/mol. The van der Waals surface area contributed by atoms with Gasteiger partial charge in [0.25, 0.3) is 5.91 Å². The predicted molar refractivity (Wildman–Crippen MR) is 54.3 cm³/mol. The quantitative estimate of drug-likeness (QED) is 0.685. The van der Waals surface area contributed by atoms with E-state index in [0.717, 1.165) is 26.2 Å². The molecule has 6 heteroatoms. The number of rotatable bonds is 1. The smallest absolute Gasteiger partial charge is 0.292 e. The zero-order chi connectivity index (χ0) is 10.8. The van der Waals surface area contributed by atoms with Crippen LogP contribution in [0.3, 0.4) is 0 Å². The Hall–Kier alpha value is -1.56. The Balaban J connectivity index is 2.02. The average Bonchev–Trinajstić information content (AvgIpc) is 2.65. The molecular formula is C9H14N4O2. The number of hydrogen-bond acceptors (Lipinski definition) is 5. The highest BCUT2D eigenvalue weighted by atomic mass is 16.5. The van der Waals surface area contributed by atoms with Crippen molar-refractivity contribution in [3.8, 4) is 0 Å². The maximum atomic E-state index is 11.8. The van der Waals surface area contributed by atoms with Crippen molar-refractivity contribution in [3.05, 3.63) is 11.8 Å². The van der Waals surface area contributed by atoms with Crippen molar-refractivity contribution in [2.45, 2.75) is 0 Å². The molecule has 1 aliphatic rings. The first kappa shape index (κ1) is 9.97. The van der Waals surface area contributed by atoms with Gasteiger partial charge in [-0.25, -0.2) is 0 Å². The van der Waals surface area contributed by atoms with E-state index in [1.807, 2.05) is 7.05 Å². The van der Waals surface area contributed by atoms with E-state index in [4.69, 9.17) is 10.3 Å². The fraction of sp³-hybridized carbons (Fsp3) is 0.556. The van der Waals surface area contributed by atoms with Gasteiger partial charge in [-0.05, 0) is 7.05 Å². The van der Waals surface area contributed by atoms with Crippen molar-refractivity contribution in [2.24, 2.45) is 0 Å². The number of anilines is 1. The number of aromatic nitrogens is 1. The molecule has 0 atom stereocenters. The summed E-state index contributed by atoms with van der Waals surface area (Å²) in [5.74, 6) is 0.330. The lowest BCUT2D eigenvalue weighted by molar-refractivity contribution is 0.0623. The van der Waals surface area contributed by atoms with E-state index in [9.17, 15) is 4.79 Å². The number of nitrogens with two attached hydrogens (primary N) is 1. The normalized spacial score (nSPS) is 18.1. The molecule has 0 saturated carbocycles. The number of piperazine rings is 1. The molecule has 15 heavy (non-hydrogen) atoms. The maximum Gasteiger partial charge on any atom is 0.292 e. The standard InChI is InChI=1S/C9H14N4O2/c1-12-2-4-13(5-3-12)9(14)7-6-8(10)11-15-7/h6H,2-5H2,1H3,(H2,10,11). The van der Waals surface area contributed by atoms with Gasteiger partial charge >= 0.3 is 0 Å². The van der Waals surface area contributed by atoms with Gasteiger partial charge in [-0.15, -0.1) is 0 Å². The van der Waals surface area contributed by atoms with E-state index in [0.29, 0.717) is 0 Å². The van der Waals surface area contributed by atoms with Gasteiger partial charge < -0.3 is 20.1 Å². The van der Waals surface area contributed by atoms with Crippen molar-refractivity contribution < 1.29 is 9.32 Å². The van der Waals surface area contributed by atoms with Crippen LogP contribution in [0.4, 0.5) is 5.82 Å². The summed E-state index contributed by atoms with van der Waals surface area (Å²) >= 11 is 0. The second kappa shape index (κ2) is 3.90. The van der Waals surface area contributed by atoms with Crippen molar-refractivity contribution in [1.82, 2.24) is 15.0 Å². The molecule has 1 aromatic rings. The highest BCUT2D eigenvalue weighted by molar-refractivity contribution is 5.92. The molecule has 0 aromatic carbocycles. The molecule has 1 saturated heterocycles. The summed E-state index contributed by atoms with van der Waals surface area (Å²) < 4.78 is 4.83. The van der Waals surface area contributed by atoms with E-state index in [2.05, 4.69) is 10.1 Å². The zero-order valence-electron chi connectivity index (χ0n) is 8.64. The summed E-state index contributed by atoms with van der Waals surface area (Å²) in [6, 6.07) is 1.46. The highest BCUT2D eigenvalue weighted by Gasteiger charge is 2.23. The van der Waals surface area contributed by atoms with Crippen molar-refractivity contribution in [3.63, 3.8) is 0 Å².